The maximum absolute atomic E-state index is 12.4. The Hall–Kier alpha value is -1.89. The predicted molar refractivity (Wildman–Crippen MR) is 86.7 cm³/mol. The van der Waals surface area contributed by atoms with Crippen molar-refractivity contribution in [2.45, 2.75) is 32.4 Å². The van der Waals surface area contributed by atoms with Crippen molar-refractivity contribution >= 4 is 17.7 Å². The highest BCUT2D eigenvalue weighted by Crippen LogP contribution is 2.19. The van der Waals surface area contributed by atoms with Crippen LogP contribution in [0, 0.1) is 0 Å². The minimum Gasteiger partial charge on any atom is -0.349 e. The molecule has 1 fully saturated rings. The van der Waals surface area contributed by atoms with Crippen LogP contribution in [0.25, 0.3) is 11.4 Å². The largest absolute Gasteiger partial charge is 0.349 e. The molecule has 0 atom stereocenters. The summed E-state index contributed by atoms with van der Waals surface area (Å²) in [7, 11) is 0. The van der Waals surface area contributed by atoms with E-state index in [1.165, 1.54) is 0 Å². The average Bonchev–Trinajstić information content (AvgIpc) is 3.04. The van der Waals surface area contributed by atoms with Gasteiger partial charge in [0, 0.05) is 23.7 Å². The summed E-state index contributed by atoms with van der Waals surface area (Å²) in [5.41, 5.74) is 1.51. The van der Waals surface area contributed by atoms with Gasteiger partial charge in [-0.25, -0.2) is 4.68 Å². The summed E-state index contributed by atoms with van der Waals surface area (Å²) in [6.07, 6.45) is 2.09. The SMILES string of the molecule is CCn1nnnc1-c1cccc(C(=O)NC2CCSCC2)c1. The predicted octanol–water partition coefficient (Wildman–Crippen LogP) is 1.99. The minimum atomic E-state index is -0.0192. The molecular weight excluding hydrogens is 298 g/mol. The molecule has 2 heterocycles. The number of benzene rings is 1. The van der Waals surface area contributed by atoms with Crippen molar-refractivity contribution in [1.29, 1.82) is 0 Å². The fraction of sp³-hybridized carbons (Fsp3) is 0.467. The van der Waals surface area contributed by atoms with Crippen LogP contribution in [-0.2, 0) is 6.54 Å². The molecule has 3 rings (SSSR count). The molecule has 1 aromatic heterocycles. The molecule has 6 nitrogen and oxygen atoms in total. The molecule has 22 heavy (non-hydrogen) atoms. The van der Waals surface area contributed by atoms with Crippen LogP contribution in [0.4, 0.5) is 0 Å². The van der Waals surface area contributed by atoms with Gasteiger partial charge in [0.1, 0.15) is 0 Å². The number of nitrogens with one attached hydrogen (secondary N) is 1. The molecule has 0 aliphatic carbocycles. The Morgan fingerprint density at radius 3 is 3.00 bits per heavy atom. The van der Waals surface area contributed by atoms with Crippen molar-refractivity contribution in [1.82, 2.24) is 25.5 Å². The second-order valence-electron chi connectivity index (χ2n) is 5.26. The van der Waals surface area contributed by atoms with E-state index in [1.807, 2.05) is 43.0 Å². The van der Waals surface area contributed by atoms with Crippen LogP contribution in [0.1, 0.15) is 30.1 Å². The summed E-state index contributed by atoms with van der Waals surface area (Å²) >= 11 is 1.95. The van der Waals surface area contributed by atoms with Crippen molar-refractivity contribution in [2.75, 3.05) is 11.5 Å². The molecule has 0 spiro atoms. The van der Waals surface area contributed by atoms with Crippen LogP contribution in [0.3, 0.4) is 0 Å². The van der Waals surface area contributed by atoms with E-state index in [2.05, 4.69) is 20.8 Å². The molecular formula is C15H19N5OS. The van der Waals surface area contributed by atoms with Gasteiger partial charge in [-0.05, 0) is 53.8 Å². The maximum atomic E-state index is 12.4. The van der Waals surface area contributed by atoms with Crippen molar-refractivity contribution in [2.24, 2.45) is 0 Å². The zero-order valence-corrected chi connectivity index (χ0v) is 13.3. The van der Waals surface area contributed by atoms with Gasteiger partial charge >= 0.3 is 0 Å². The van der Waals surface area contributed by atoms with Gasteiger partial charge in [0.2, 0.25) is 0 Å². The number of aromatic nitrogens is 4. The topological polar surface area (TPSA) is 72.7 Å². The van der Waals surface area contributed by atoms with Gasteiger partial charge in [-0.15, -0.1) is 5.10 Å². The molecule has 0 radical (unpaired) electrons. The third-order valence-electron chi connectivity index (χ3n) is 3.77. The van der Waals surface area contributed by atoms with Gasteiger partial charge in [0.15, 0.2) is 5.82 Å². The van der Waals surface area contributed by atoms with Crippen molar-refractivity contribution in [3.8, 4) is 11.4 Å². The molecule has 1 N–H and O–H groups in total. The number of hydrogen-bond donors (Lipinski definition) is 1. The van der Waals surface area contributed by atoms with E-state index in [0.717, 1.165) is 29.9 Å². The quantitative estimate of drug-likeness (QED) is 0.933. The molecule has 2 aromatic rings. The molecule has 0 saturated carbocycles. The summed E-state index contributed by atoms with van der Waals surface area (Å²) in [4.78, 5) is 12.4. The fourth-order valence-corrected chi connectivity index (χ4v) is 3.64. The summed E-state index contributed by atoms with van der Waals surface area (Å²) in [6.45, 7) is 2.68. The minimum absolute atomic E-state index is 0.0192. The normalized spacial score (nSPS) is 15.7. The first-order chi connectivity index (χ1) is 10.8. The van der Waals surface area contributed by atoms with E-state index < -0.39 is 0 Å². The lowest BCUT2D eigenvalue weighted by Gasteiger charge is -2.22. The number of amides is 1. The summed E-state index contributed by atoms with van der Waals surface area (Å²) in [5.74, 6) is 2.91. The molecule has 116 valence electrons. The lowest BCUT2D eigenvalue weighted by Crippen LogP contribution is -2.37. The number of thioether (sulfide) groups is 1. The molecule has 0 unspecified atom stereocenters. The fourth-order valence-electron chi connectivity index (χ4n) is 2.53. The van der Waals surface area contributed by atoms with Gasteiger partial charge in [-0.3, -0.25) is 4.79 Å². The van der Waals surface area contributed by atoms with E-state index in [1.54, 1.807) is 4.68 Å². The first-order valence-corrected chi connectivity index (χ1v) is 8.68. The molecule has 1 aliphatic rings. The van der Waals surface area contributed by atoms with Crippen molar-refractivity contribution in [3.05, 3.63) is 29.8 Å². The van der Waals surface area contributed by atoms with Gasteiger partial charge in [-0.2, -0.15) is 11.8 Å². The van der Waals surface area contributed by atoms with Gasteiger partial charge in [0.05, 0.1) is 0 Å². The third-order valence-corrected chi connectivity index (χ3v) is 4.82. The van der Waals surface area contributed by atoms with Gasteiger partial charge < -0.3 is 5.32 Å². The van der Waals surface area contributed by atoms with Gasteiger partial charge in [0.25, 0.3) is 5.91 Å². The summed E-state index contributed by atoms with van der Waals surface area (Å²) in [6, 6.07) is 7.77. The third kappa shape index (κ3) is 3.30. The number of rotatable bonds is 4. The number of carbonyl (C=O) groups excluding carboxylic acids is 1. The van der Waals surface area contributed by atoms with E-state index in [9.17, 15) is 4.79 Å². The van der Waals surface area contributed by atoms with Crippen molar-refractivity contribution in [3.63, 3.8) is 0 Å². The van der Waals surface area contributed by atoms with Crippen LogP contribution < -0.4 is 5.32 Å². The van der Waals surface area contributed by atoms with Crippen LogP contribution in [0.5, 0.6) is 0 Å². The Labute approximate surface area is 133 Å². The average molecular weight is 317 g/mol. The zero-order valence-electron chi connectivity index (χ0n) is 12.5. The number of tetrazole rings is 1. The van der Waals surface area contributed by atoms with Crippen LogP contribution in [-0.4, -0.2) is 43.7 Å². The lowest BCUT2D eigenvalue weighted by molar-refractivity contribution is 0.0935. The number of aryl methyl sites for hydroxylation is 1. The smallest absolute Gasteiger partial charge is 0.251 e. The highest BCUT2D eigenvalue weighted by molar-refractivity contribution is 7.99. The molecule has 7 heteroatoms. The first-order valence-electron chi connectivity index (χ1n) is 7.53. The summed E-state index contributed by atoms with van der Waals surface area (Å²) in [5, 5.41) is 14.8. The highest BCUT2D eigenvalue weighted by atomic mass is 32.2. The van der Waals surface area contributed by atoms with Gasteiger partial charge in [-0.1, -0.05) is 12.1 Å². The Morgan fingerprint density at radius 1 is 1.41 bits per heavy atom. The van der Waals surface area contributed by atoms with Crippen LogP contribution in [0.2, 0.25) is 0 Å². The van der Waals surface area contributed by atoms with Crippen LogP contribution >= 0.6 is 11.8 Å². The van der Waals surface area contributed by atoms with E-state index in [0.29, 0.717) is 24.0 Å². The summed E-state index contributed by atoms with van der Waals surface area (Å²) < 4.78 is 1.72. The molecule has 0 bridgehead atoms. The number of nitrogens with zero attached hydrogens (tertiary/aromatic N) is 4. The Kier molecular flexibility index (Phi) is 4.72. The zero-order chi connectivity index (χ0) is 15.4. The highest BCUT2D eigenvalue weighted by Gasteiger charge is 2.17. The Balaban J connectivity index is 1.77. The lowest BCUT2D eigenvalue weighted by atomic mass is 10.1. The second kappa shape index (κ2) is 6.91. The van der Waals surface area contributed by atoms with Crippen molar-refractivity contribution < 1.29 is 4.79 Å². The molecule has 1 amide bonds. The molecule has 1 saturated heterocycles. The number of carbonyl (C=O) groups is 1. The maximum Gasteiger partial charge on any atom is 0.251 e. The number of hydrogen-bond acceptors (Lipinski definition) is 5. The Bertz CT molecular complexity index is 651. The van der Waals surface area contributed by atoms with Crippen LogP contribution in [0.15, 0.2) is 24.3 Å². The Morgan fingerprint density at radius 2 is 2.23 bits per heavy atom. The first kappa shape index (κ1) is 15.0. The van der Waals surface area contributed by atoms with E-state index in [4.69, 9.17) is 0 Å². The second-order valence-corrected chi connectivity index (χ2v) is 6.48. The molecule has 1 aromatic carbocycles. The van der Waals surface area contributed by atoms with E-state index in [-0.39, 0.29) is 5.91 Å². The monoisotopic (exact) mass is 317 g/mol. The van der Waals surface area contributed by atoms with E-state index >= 15 is 0 Å². The standard InChI is InChI=1S/C15H19N5OS/c1-2-20-14(17-18-19-20)11-4-3-5-12(10-11)15(21)16-13-6-8-22-9-7-13/h3-5,10,13H,2,6-9H2,1H3,(H,16,21). The molecule has 1 aliphatic heterocycles.